The lowest BCUT2D eigenvalue weighted by atomic mass is 10.0. The molecule has 0 aromatic heterocycles. The molecule has 0 saturated carbocycles. The van der Waals surface area contributed by atoms with Crippen LogP contribution in [-0.4, -0.2) is 54.4 Å². The van der Waals surface area contributed by atoms with Gasteiger partial charge in [-0.3, -0.25) is 9.59 Å². The highest BCUT2D eigenvalue weighted by Gasteiger charge is 2.22. The number of ether oxygens (including phenoxy) is 2. The molecule has 0 aliphatic carbocycles. The lowest BCUT2D eigenvalue weighted by molar-refractivity contribution is -0.114. The molecule has 4 rings (SSSR count). The van der Waals surface area contributed by atoms with E-state index in [9.17, 15) is 26.4 Å². The second-order valence-corrected chi connectivity index (χ2v) is 13.0. The number of carbonyl (C=O) groups excluding carboxylic acids is 2. The number of methoxy groups -OCH3 is 2. The fraction of sp³-hybridized carbons (Fsp3) is 0.133. The van der Waals surface area contributed by atoms with Crippen LogP contribution in [0.15, 0.2) is 107 Å². The van der Waals surface area contributed by atoms with Crippen molar-refractivity contribution in [2.24, 2.45) is 0 Å². The van der Waals surface area contributed by atoms with Gasteiger partial charge in [0.05, 0.1) is 35.4 Å². The first-order chi connectivity index (χ1) is 20.0. The Morgan fingerprint density at radius 1 is 0.571 bits per heavy atom. The summed E-state index contributed by atoms with van der Waals surface area (Å²) in [6.45, 7) is 0. The minimum absolute atomic E-state index is 0.0499. The van der Waals surface area contributed by atoms with E-state index in [1.165, 1.54) is 38.5 Å². The number of hydrogen-bond donors (Lipinski definition) is 2. The van der Waals surface area contributed by atoms with Crippen LogP contribution in [0.1, 0.15) is 0 Å². The molecule has 218 valence electrons. The van der Waals surface area contributed by atoms with Crippen molar-refractivity contribution < 1.29 is 35.9 Å². The van der Waals surface area contributed by atoms with Gasteiger partial charge in [-0.2, -0.15) is 0 Å². The first kappa shape index (κ1) is 30.3. The molecule has 0 spiro atoms. The largest absolute Gasteiger partial charge is 0.495 e. The SMILES string of the molecule is COc1cc(-c2ccc(NC(=O)CS(=O)(=O)c3ccccc3)c(OC)c2)ccc1NC(=O)CS(=O)(=O)c1ccccc1. The summed E-state index contributed by atoms with van der Waals surface area (Å²) in [5.74, 6) is -2.33. The van der Waals surface area contributed by atoms with Gasteiger partial charge in [-0.1, -0.05) is 48.5 Å². The first-order valence-corrected chi connectivity index (χ1v) is 15.8. The molecule has 4 aromatic rings. The molecule has 0 fully saturated rings. The van der Waals surface area contributed by atoms with E-state index in [1.54, 1.807) is 72.8 Å². The smallest absolute Gasteiger partial charge is 0.240 e. The van der Waals surface area contributed by atoms with Gasteiger partial charge >= 0.3 is 0 Å². The third kappa shape index (κ3) is 7.33. The van der Waals surface area contributed by atoms with Crippen molar-refractivity contribution in [3.05, 3.63) is 97.1 Å². The summed E-state index contributed by atoms with van der Waals surface area (Å²) in [5, 5.41) is 5.17. The van der Waals surface area contributed by atoms with Crippen LogP contribution in [0.2, 0.25) is 0 Å². The number of hydrogen-bond acceptors (Lipinski definition) is 8. The number of rotatable bonds is 11. The molecule has 0 unspecified atom stereocenters. The lowest BCUT2D eigenvalue weighted by Gasteiger charge is -2.15. The van der Waals surface area contributed by atoms with Crippen LogP contribution in [0.5, 0.6) is 11.5 Å². The maximum atomic E-state index is 12.6. The van der Waals surface area contributed by atoms with E-state index in [-0.39, 0.29) is 21.2 Å². The molecule has 0 atom stereocenters. The van der Waals surface area contributed by atoms with Crippen LogP contribution in [0.4, 0.5) is 11.4 Å². The molecule has 42 heavy (non-hydrogen) atoms. The van der Waals surface area contributed by atoms with Crippen molar-refractivity contribution >= 4 is 42.9 Å². The maximum absolute atomic E-state index is 12.6. The lowest BCUT2D eigenvalue weighted by Crippen LogP contribution is -2.23. The molecule has 4 aromatic carbocycles. The highest BCUT2D eigenvalue weighted by Crippen LogP contribution is 2.35. The van der Waals surface area contributed by atoms with Gasteiger partial charge < -0.3 is 20.1 Å². The minimum atomic E-state index is -3.83. The second kappa shape index (κ2) is 12.9. The molecule has 0 saturated heterocycles. The quantitative estimate of drug-likeness (QED) is 0.258. The molecule has 0 aliphatic heterocycles. The van der Waals surface area contributed by atoms with E-state index in [0.717, 1.165) is 0 Å². The molecular formula is C30H28N2O8S2. The Balaban J connectivity index is 1.48. The molecule has 12 heteroatoms. The summed E-state index contributed by atoms with van der Waals surface area (Å²) in [6, 6.07) is 25.3. The zero-order valence-corrected chi connectivity index (χ0v) is 24.4. The van der Waals surface area contributed by atoms with Crippen LogP contribution in [0.25, 0.3) is 11.1 Å². The summed E-state index contributed by atoms with van der Waals surface area (Å²) in [5.41, 5.74) is 1.91. The highest BCUT2D eigenvalue weighted by atomic mass is 32.2. The van der Waals surface area contributed by atoms with Crippen molar-refractivity contribution in [3.63, 3.8) is 0 Å². The average molecular weight is 609 g/mol. The third-order valence-electron chi connectivity index (χ3n) is 6.13. The molecule has 2 amide bonds. The van der Waals surface area contributed by atoms with E-state index in [0.29, 0.717) is 22.6 Å². The van der Waals surface area contributed by atoms with Crippen molar-refractivity contribution in [1.29, 1.82) is 0 Å². The Labute approximate surface area is 244 Å². The monoisotopic (exact) mass is 608 g/mol. The van der Waals surface area contributed by atoms with E-state index in [1.807, 2.05) is 0 Å². The number of sulfone groups is 2. The molecule has 0 aliphatic rings. The van der Waals surface area contributed by atoms with E-state index in [4.69, 9.17) is 9.47 Å². The number of amides is 2. The first-order valence-electron chi connectivity index (χ1n) is 12.5. The van der Waals surface area contributed by atoms with Crippen LogP contribution in [0, 0.1) is 0 Å². The Hall–Kier alpha value is -4.68. The summed E-state index contributed by atoms with van der Waals surface area (Å²) >= 11 is 0. The maximum Gasteiger partial charge on any atom is 0.240 e. The van der Waals surface area contributed by atoms with Gasteiger partial charge in [-0.05, 0) is 59.7 Å². The summed E-state index contributed by atoms with van der Waals surface area (Å²) in [6.07, 6.45) is 0. The number of carbonyl (C=O) groups is 2. The van der Waals surface area contributed by atoms with Gasteiger partial charge in [-0.15, -0.1) is 0 Å². The second-order valence-electron chi connectivity index (χ2n) is 9.07. The van der Waals surface area contributed by atoms with Crippen LogP contribution >= 0.6 is 0 Å². The zero-order valence-electron chi connectivity index (χ0n) is 22.7. The summed E-state index contributed by atoms with van der Waals surface area (Å²) < 4.78 is 61.1. The van der Waals surface area contributed by atoms with Crippen molar-refractivity contribution in [3.8, 4) is 22.6 Å². The van der Waals surface area contributed by atoms with Crippen molar-refractivity contribution in [1.82, 2.24) is 0 Å². The highest BCUT2D eigenvalue weighted by molar-refractivity contribution is 7.92. The minimum Gasteiger partial charge on any atom is -0.495 e. The Morgan fingerprint density at radius 3 is 1.26 bits per heavy atom. The van der Waals surface area contributed by atoms with E-state index < -0.39 is 43.0 Å². The molecule has 2 N–H and O–H groups in total. The molecule has 10 nitrogen and oxygen atoms in total. The molecular weight excluding hydrogens is 580 g/mol. The molecule has 0 heterocycles. The van der Waals surface area contributed by atoms with Gasteiger partial charge in [0.2, 0.25) is 11.8 Å². The van der Waals surface area contributed by atoms with E-state index in [2.05, 4.69) is 10.6 Å². The van der Waals surface area contributed by atoms with Crippen LogP contribution < -0.4 is 20.1 Å². The fourth-order valence-corrected chi connectivity index (χ4v) is 6.40. The molecule has 0 radical (unpaired) electrons. The van der Waals surface area contributed by atoms with E-state index >= 15 is 0 Å². The summed E-state index contributed by atoms with van der Waals surface area (Å²) in [7, 11) is -4.82. The molecule has 0 bridgehead atoms. The standard InChI is InChI=1S/C30H28N2O8S2/c1-39-27-17-21(13-15-25(27)31-29(33)19-41(35,36)23-9-5-3-6-10-23)22-14-16-26(28(18-22)40-2)32-30(34)20-42(37,38)24-11-7-4-8-12-24/h3-18H,19-20H2,1-2H3,(H,31,33)(H,32,34). The Bertz CT molecular complexity index is 1670. The normalized spacial score (nSPS) is 11.4. The Kier molecular flexibility index (Phi) is 9.28. The fourth-order valence-electron chi connectivity index (χ4n) is 4.09. The van der Waals surface area contributed by atoms with Crippen LogP contribution in [-0.2, 0) is 29.3 Å². The zero-order chi connectivity index (χ0) is 30.3. The van der Waals surface area contributed by atoms with Crippen molar-refractivity contribution in [2.45, 2.75) is 9.79 Å². The number of nitrogens with one attached hydrogen (secondary N) is 2. The predicted octanol–water partition coefficient (Wildman–Crippen LogP) is 4.20. The van der Waals surface area contributed by atoms with Gasteiger partial charge in [0, 0.05) is 0 Å². The third-order valence-corrected chi connectivity index (χ3v) is 9.40. The van der Waals surface area contributed by atoms with Gasteiger partial charge in [0.25, 0.3) is 0 Å². The number of benzene rings is 4. The summed E-state index contributed by atoms with van der Waals surface area (Å²) in [4.78, 5) is 25.2. The predicted molar refractivity (Wildman–Crippen MR) is 159 cm³/mol. The van der Waals surface area contributed by atoms with Crippen molar-refractivity contribution in [2.75, 3.05) is 36.4 Å². The Morgan fingerprint density at radius 2 is 0.929 bits per heavy atom. The van der Waals surface area contributed by atoms with Gasteiger partial charge in [-0.25, -0.2) is 16.8 Å². The van der Waals surface area contributed by atoms with Gasteiger partial charge in [0.1, 0.15) is 23.0 Å². The topological polar surface area (TPSA) is 145 Å². The van der Waals surface area contributed by atoms with Gasteiger partial charge in [0.15, 0.2) is 19.7 Å². The average Bonchev–Trinajstić information content (AvgIpc) is 2.98. The number of anilines is 2. The van der Waals surface area contributed by atoms with Crippen LogP contribution in [0.3, 0.4) is 0 Å².